The van der Waals surface area contributed by atoms with E-state index in [1.54, 1.807) is 0 Å². The molecule has 0 aliphatic carbocycles. The molecule has 15 heavy (non-hydrogen) atoms. The van der Waals surface area contributed by atoms with Crippen LogP contribution >= 0.6 is 0 Å². The van der Waals surface area contributed by atoms with E-state index in [1.807, 2.05) is 5.01 Å². The molecule has 2 saturated heterocycles. The first-order chi connectivity index (χ1) is 7.07. The first kappa shape index (κ1) is 10.9. The van der Waals surface area contributed by atoms with Crippen molar-refractivity contribution in [1.82, 2.24) is 15.8 Å². The summed E-state index contributed by atoms with van der Waals surface area (Å²) in [5.74, 6) is 0.912. The molecule has 4 heteroatoms. The zero-order chi connectivity index (χ0) is 10.9. The quantitative estimate of drug-likeness (QED) is 0.699. The standard InChI is InChI=1S/C11H21N3O/c1-11(2)7-10(15)14(13-11)8-9-3-5-12-6-4-9/h9,12-13H,3-8H2,1-2H3. The second-order valence-corrected chi connectivity index (χ2v) is 5.37. The van der Waals surface area contributed by atoms with Crippen LogP contribution in [0, 0.1) is 5.92 Å². The van der Waals surface area contributed by atoms with Gasteiger partial charge in [0.05, 0.1) is 0 Å². The van der Waals surface area contributed by atoms with Crippen LogP contribution in [-0.4, -0.2) is 36.1 Å². The van der Waals surface area contributed by atoms with E-state index in [1.165, 1.54) is 12.8 Å². The first-order valence-electron chi connectivity index (χ1n) is 5.86. The number of hydrazine groups is 1. The lowest BCUT2D eigenvalue weighted by atomic mass is 9.98. The Kier molecular flexibility index (Phi) is 2.98. The highest BCUT2D eigenvalue weighted by Gasteiger charge is 2.36. The minimum Gasteiger partial charge on any atom is -0.317 e. The van der Waals surface area contributed by atoms with E-state index in [2.05, 4.69) is 24.6 Å². The fourth-order valence-electron chi connectivity index (χ4n) is 2.41. The summed E-state index contributed by atoms with van der Waals surface area (Å²) in [7, 11) is 0. The van der Waals surface area contributed by atoms with Crippen LogP contribution in [0.25, 0.3) is 0 Å². The number of hydrogen-bond donors (Lipinski definition) is 2. The summed E-state index contributed by atoms with van der Waals surface area (Å²) in [6.07, 6.45) is 3.00. The van der Waals surface area contributed by atoms with E-state index >= 15 is 0 Å². The van der Waals surface area contributed by atoms with Crippen LogP contribution in [0.3, 0.4) is 0 Å². The van der Waals surface area contributed by atoms with Gasteiger partial charge in [-0.05, 0) is 45.7 Å². The van der Waals surface area contributed by atoms with E-state index in [4.69, 9.17) is 0 Å². The van der Waals surface area contributed by atoms with Gasteiger partial charge in [-0.2, -0.15) is 0 Å². The maximum absolute atomic E-state index is 11.7. The van der Waals surface area contributed by atoms with Gasteiger partial charge in [-0.15, -0.1) is 0 Å². The van der Waals surface area contributed by atoms with Gasteiger partial charge in [0.1, 0.15) is 0 Å². The molecule has 0 radical (unpaired) electrons. The van der Waals surface area contributed by atoms with Crippen LogP contribution in [0.15, 0.2) is 0 Å². The minimum absolute atomic E-state index is 0.0516. The van der Waals surface area contributed by atoms with E-state index < -0.39 is 0 Å². The molecule has 2 aliphatic rings. The maximum Gasteiger partial charge on any atom is 0.238 e. The number of nitrogens with zero attached hydrogens (tertiary/aromatic N) is 1. The summed E-state index contributed by atoms with van der Waals surface area (Å²) in [4.78, 5) is 11.7. The second-order valence-electron chi connectivity index (χ2n) is 5.37. The molecule has 86 valence electrons. The number of hydrogen-bond acceptors (Lipinski definition) is 3. The summed E-state index contributed by atoms with van der Waals surface area (Å²) in [6, 6.07) is 0. The van der Waals surface area contributed by atoms with Gasteiger partial charge in [0.25, 0.3) is 0 Å². The Labute approximate surface area is 91.4 Å². The lowest BCUT2D eigenvalue weighted by molar-refractivity contribution is -0.130. The van der Waals surface area contributed by atoms with Crippen LogP contribution in [-0.2, 0) is 4.79 Å². The van der Waals surface area contributed by atoms with E-state index in [-0.39, 0.29) is 11.4 Å². The number of piperidine rings is 1. The fourth-order valence-corrected chi connectivity index (χ4v) is 2.41. The Balaban J connectivity index is 1.86. The van der Waals surface area contributed by atoms with Crippen molar-refractivity contribution in [2.45, 2.75) is 38.6 Å². The third kappa shape index (κ3) is 2.69. The number of carbonyl (C=O) groups excluding carboxylic acids is 1. The van der Waals surface area contributed by atoms with Gasteiger partial charge in [0.2, 0.25) is 5.91 Å². The minimum atomic E-state index is -0.0516. The van der Waals surface area contributed by atoms with Crippen LogP contribution in [0.4, 0.5) is 0 Å². The molecule has 2 aliphatic heterocycles. The van der Waals surface area contributed by atoms with Gasteiger partial charge in [-0.25, -0.2) is 5.43 Å². The second kappa shape index (κ2) is 4.10. The van der Waals surface area contributed by atoms with Crippen LogP contribution in [0.1, 0.15) is 33.1 Å². The molecule has 2 fully saturated rings. The molecule has 2 heterocycles. The highest BCUT2D eigenvalue weighted by atomic mass is 16.2. The molecule has 0 aromatic heterocycles. The average Bonchev–Trinajstić information content (AvgIpc) is 2.41. The molecule has 0 unspecified atom stereocenters. The molecule has 1 amide bonds. The molecular formula is C11H21N3O. The van der Waals surface area contributed by atoms with Crippen molar-refractivity contribution in [2.24, 2.45) is 5.92 Å². The van der Waals surface area contributed by atoms with Crippen LogP contribution in [0.2, 0.25) is 0 Å². The number of nitrogens with one attached hydrogen (secondary N) is 2. The Bertz CT molecular complexity index is 246. The smallest absolute Gasteiger partial charge is 0.238 e. The molecule has 4 nitrogen and oxygen atoms in total. The number of carbonyl (C=O) groups is 1. The molecule has 0 spiro atoms. The highest BCUT2D eigenvalue weighted by Crippen LogP contribution is 2.21. The van der Waals surface area contributed by atoms with Gasteiger partial charge in [-0.3, -0.25) is 9.80 Å². The average molecular weight is 211 g/mol. The molecule has 0 bridgehead atoms. The molecular weight excluding hydrogens is 190 g/mol. The van der Waals surface area contributed by atoms with Crippen molar-refractivity contribution in [3.05, 3.63) is 0 Å². The van der Waals surface area contributed by atoms with E-state index in [0.717, 1.165) is 19.6 Å². The lowest BCUT2D eigenvalue weighted by Crippen LogP contribution is -2.45. The topological polar surface area (TPSA) is 44.4 Å². The predicted molar refractivity (Wildman–Crippen MR) is 59.1 cm³/mol. The number of rotatable bonds is 2. The summed E-state index contributed by atoms with van der Waals surface area (Å²) < 4.78 is 0. The predicted octanol–water partition coefficient (Wildman–Crippen LogP) is 0.501. The van der Waals surface area contributed by atoms with Crippen molar-refractivity contribution in [1.29, 1.82) is 0 Å². The van der Waals surface area contributed by atoms with E-state index in [0.29, 0.717) is 12.3 Å². The fraction of sp³-hybridized carbons (Fsp3) is 0.909. The van der Waals surface area contributed by atoms with Gasteiger partial charge < -0.3 is 5.32 Å². The Morgan fingerprint density at radius 1 is 1.40 bits per heavy atom. The van der Waals surface area contributed by atoms with Gasteiger partial charge >= 0.3 is 0 Å². The Morgan fingerprint density at radius 2 is 2.07 bits per heavy atom. The first-order valence-corrected chi connectivity index (χ1v) is 5.86. The third-order valence-electron chi connectivity index (χ3n) is 3.23. The van der Waals surface area contributed by atoms with Crippen molar-refractivity contribution in [2.75, 3.05) is 19.6 Å². The van der Waals surface area contributed by atoms with Gasteiger partial charge in [0.15, 0.2) is 0 Å². The van der Waals surface area contributed by atoms with Crippen molar-refractivity contribution >= 4 is 5.91 Å². The van der Waals surface area contributed by atoms with Crippen molar-refractivity contribution in [3.63, 3.8) is 0 Å². The van der Waals surface area contributed by atoms with Gasteiger partial charge in [0, 0.05) is 18.5 Å². The largest absolute Gasteiger partial charge is 0.317 e. The SMILES string of the molecule is CC1(C)CC(=O)N(CC2CCNCC2)N1. The Hall–Kier alpha value is -0.610. The zero-order valence-corrected chi connectivity index (χ0v) is 9.68. The van der Waals surface area contributed by atoms with Crippen molar-refractivity contribution < 1.29 is 4.79 Å². The summed E-state index contributed by atoms with van der Waals surface area (Å²) >= 11 is 0. The van der Waals surface area contributed by atoms with Gasteiger partial charge in [-0.1, -0.05) is 0 Å². The summed E-state index contributed by atoms with van der Waals surface area (Å²) in [5, 5.41) is 5.17. The summed E-state index contributed by atoms with van der Waals surface area (Å²) in [6.45, 7) is 7.22. The van der Waals surface area contributed by atoms with E-state index in [9.17, 15) is 4.79 Å². The third-order valence-corrected chi connectivity index (χ3v) is 3.23. The molecule has 0 atom stereocenters. The van der Waals surface area contributed by atoms with Crippen LogP contribution in [0.5, 0.6) is 0 Å². The van der Waals surface area contributed by atoms with Crippen molar-refractivity contribution in [3.8, 4) is 0 Å². The molecule has 0 aromatic carbocycles. The molecule has 2 N–H and O–H groups in total. The molecule has 0 aromatic rings. The highest BCUT2D eigenvalue weighted by molar-refractivity contribution is 5.79. The zero-order valence-electron chi connectivity index (χ0n) is 9.68. The Morgan fingerprint density at radius 3 is 2.60 bits per heavy atom. The maximum atomic E-state index is 11.7. The summed E-state index contributed by atoms with van der Waals surface area (Å²) in [5.41, 5.74) is 3.24. The monoisotopic (exact) mass is 211 g/mol. The van der Waals surface area contributed by atoms with Crippen LogP contribution < -0.4 is 10.7 Å². The molecule has 0 saturated carbocycles. The number of amides is 1. The normalized spacial score (nSPS) is 27.3. The lowest BCUT2D eigenvalue weighted by Gasteiger charge is -2.28. The molecule has 2 rings (SSSR count).